The first-order chi connectivity index (χ1) is 20.4. The van der Waals surface area contributed by atoms with E-state index in [1.165, 1.54) is 142 Å². The maximum absolute atomic E-state index is 2.87. The molecule has 4 aliphatic carbocycles. The Hall–Kier alpha value is -1.96. The summed E-state index contributed by atoms with van der Waals surface area (Å²) in [6, 6.07) is 15.1. The third-order valence-electron chi connectivity index (χ3n) is 12.0. The van der Waals surface area contributed by atoms with Gasteiger partial charge < -0.3 is 9.80 Å². The van der Waals surface area contributed by atoms with Gasteiger partial charge in [0.2, 0.25) is 0 Å². The molecule has 2 nitrogen and oxygen atoms in total. The summed E-state index contributed by atoms with van der Waals surface area (Å²) in [6.45, 7) is 3.46. The van der Waals surface area contributed by atoms with Crippen molar-refractivity contribution in [1.82, 2.24) is 0 Å². The van der Waals surface area contributed by atoms with Crippen molar-refractivity contribution < 1.29 is 0 Å². The van der Waals surface area contributed by atoms with Gasteiger partial charge in [0, 0.05) is 24.5 Å². The number of hydrogen-bond acceptors (Lipinski definition) is 2. The minimum Gasteiger partial charge on any atom is -0.352 e. The van der Waals surface area contributed by atoms with Crippen molar-refractivity contribution in [3.05, 3.63) is 58.7 Å². The molecule has 1 saturated heterocycles. The first-order valence-corrected chi connectivity index (χ1v) is 18.1. The Balaban J connectivity index is 1.25. The van der Waals surface area contributed by atoms with Gasteiger partial charge in [-0.15, -0.1) is 0 Å². The average Bonchev–Trinajstić information content (AvgIpc) is 3.55. The molecule has 0 amide bonds. The first kappa shape index (κ1) is 27.8. The summed E-state index contributed by atoms with van der Waals surface area (Å²) in [7, 11) is 0. The summed E-state index contributed by atoms with van der Waals surface area (Å²) < 4.78 is 0. The topological polar surface area (TPSA) is 6.48 Å². The predicted molar refractivity (Wildman–Crippen MR) is 176 cm³/mol. The minimum atomic E-state index is 0.767. The lowest BCUT2D eigenvalue weighted by atomic mass is 9.78. The van der Waals surface area contributed by atoms with Crippen molar-refractivity contribution in [2.75, 3.05) is 29.6 Å². The minimum absolute atomic E-state index is 0.767. The van der Waals surface area contributed by atoms with Crippen molar-refractivity contribution in [1.29, 1.82) is 0 Å². The lowest BCUT2D eigenvalue weighted by molar-refractivity contribution is 0.435. The molecular weight excluding hydrogens is 496 g/mol. The largest absolute Gasteiger partial charge is 0.352 e. The molecule has 2 aromatic carbocycles. The van der Waals surface area contributed by atoms with Gasteiger partial charge in [0.05, 0.1) is 6.67 Å². The molecule has 4 saturated carbocycles. The Morgan fingerprint density at radius 3 is 0.902 bits per heavy atom. The summed E-state index contributed by atoms with van der Waals surface area (Å²) in [6.07, 6.45) is 28.3. The molecule has 5 aliphatic rings. The highest BCUT2D eigenvalue weighted by Gasteiger charge is 2.34. The van der Waals surface area contributed by atoms with E-state index in [1.54, 1.807) is 33.6 Å². The van der Waals surface area contributed by atoms with Gasteiger partial charge in [-0.3, -0.25) is 0 Å². The fourth-order valence-electron chi connectivity index (χ4n) is 9.82. The zero-order chi connectivity index (χ0) is 27.4. The Kier molecular flexibility index (Phi) is 8.92. The van der Waals surface area contributed by atoms with E-state index in [9.17, 15) is 0 Å². The maximum Gasteiger partial charge on any atom is 0.0904 e. The van der Waals surface area contributed by atoms with E-state index >= 15 is 0 Å². The lowest BCUT2D eigenvalue weighted by Crippen LogP contribution is -2.29. The highest BCUT2D eigenvalue weighted by molar-refractivity contribution is 5.68. The standard InChI is InChI=1S/C39H56N2/c1-5-15-30(16-6-1)34-23-13-24-35(31-17-7-2-8-18-31)38(34)40-27-28-41(29-40)39-36(32-19-9-3-10-20-32)25-14-26-37(39)33-21-11-4-12-22-33/h13-14,23-26,30-33H,1-12,15-22,27-29H2. The van der Waals surface area contributed by atoms with Gasteiger partial charge in [-0.2, -0.15) is 0 Å². The zero-order valence-electron chi connectivity index (χ0n) is 25.9. The van der Waals surface area contributed by atoms with Crippen LogP contribution in [0.4, 0.5) is 11.4 Å². The lowest BCUT2D eigenvalue weighted by Gasteiger charge is -2.35. The fraction of sp³-hybridized carbons (Fsp3) is 0.692. The third kappa shape index (κ3) is 5.96. The van der Waals surface area contributed by atoms with Crippen LogP contribution < -0.4 is 9.80 Å². The van der Waals surface area contributed by atoms with E-state index in [0.29, 0.717) is 0 Å². The van der Waals surface area contributed by atoms with E-state index in [0.717, 1.165) is 30.3 Å². The Labute approximate surface area is 251 Å². The van der Waals surface area contributed by atoms with Crippen LogP contribution >= 0.6 is 0 Å². The van der Waals surface area contributed by atoms with Crippen LogP contribution in [-0.2, 0) is 0 Å². The van der Waals surface area contributed by atoms with Crippen LogP contribution in [0.2, 0.25) is 0 Å². The van der Waals surface area contributed by atoms with Crippen molar-refractivity contribution in [3.63, 3.8) is 0 Å². The summed E-state index contributed by atoms with van der Waals surface area (Å²) >= 11 is 0. The number of hydrogen-bond donors (Lipinski definition) is 0. The zero-order valence-corrected chi connectivity index (χ0v) is 25.9. The highest BCUT2D eigenvalue weighted by Crippen LogP contribution is 2.48. The van der Waals surface area contributed by atoms with Gasteiger partial charge in [-0.1, -0.05) is 113 Å². The van der Waals surface area contributed by atoms with E-state index in [1.807, 2.05) is 0 Å². The van der Waals surface area contributed by atoms with Crippen molar-refractivity contribution >= 4 is 11.4 Å². The van der Waals surface area contributed by atoms with Gasteiger partial charge in [-0.05, 0) is 97.3 Å². The molecule has 0 aromatic heterocycles. The van der Waals surface area contributed by atoms with Gasteiger partial charge in [0.15, 0.2) is 0 Å². The summed E-state index contributed by atoms with van der Waals surface area (Å²) in [5, 5.41) is 0. The molecule has 1 heterocycles. The molecule has 2 heteroatoms. The van der Waals surface area contributed by atoms with Crippen molar-refractivity contribution in [2.45, 2.75) is 152 Å². The molecule has 41 heavy (non-hydrogen) atoms. The normalized spacial score (nSPS) is 24.3. The smallest absolute Gasteiger partial charge is 0.0904 e. The van der Waals surface area contributed by atoms with Gasteiger partial charge in [-0.25, -0.2) is 0 Å². The first-order valence-electron chi connectivity index (χ1n) is 18.1. The SMILES string of the molecule is c1cc(C2CCCCC2)c(N2CCN(c3c(C4CCCCC4)cccc3C3CCCCC3)C2)c(C2CCCCC2)c1. The molecule has 0 radical (unpaired) electrons. The number of nitrogens with zero attached hydrogens (tertiary/aromatic N) is 2. The van der Waals surface area contributed by atoms with Crippen LogP contribution in [0.5, 0.6) is 0 Å². The van der Waals surface area contributed by atoms with Crippen LogP contribution in [0.3, 0.4) is 0 Å². The number of rotatable bonds is 6. The summed E-state index contributed by atoms with van der Waals surface area (Å²) in [5.41, 5.74) is 10.2. The third-order valence-corrected chi connectivity index (χ3v) is 12.0. The Morgan fingerprint density at radius 2 is 0.634 bits per heavy atom. The molecule has 0 N–H and O–H groups in total. The maximum atomic E-state index is 2.87. The average molecular weight is 553 g/mol. The number of benzene rings is 2. The summed E-state index contributed by atoms with van der Waals surface area (Å²) in [4.78, 5) is 5.74. The summed E-state index contributed by atoms with van der Waals surface area (Å²) in [5.74, 6) is 3.07. The van der Waals surface area contributed by atoms with Gasteiger partial charge >= 0.3 is 0 Å². The van der Waals surface area contributed by atoms with Gasteiger partial charge in [0.1, 0.15) is 0 Å². The second kappa shape index (κ2) is 13.1. The molecule has 0 spiro atoms. The van der Waals surface area contributed by atoms with Crippen LogP contribution in [0.1, 0.15) is 174 Å². The molecule has 1 aliphatic heterocycles. The molecule has 222 valence electrons. The quantitative estimate of drug-likeness (QED) is 0.352. The van der Waals surface area contributed by atoms with Crippen LogP contribution in [0.15, 0.2) is 36.4 Å². The second-order valence-electron chi connectivity index (χ2n) is 14.6. The fourth-order valence-corrected chi connectivity index (χ4v) is 9.82. The predicted octanol–water partition coefficient (Wildman–Crippen LogP) is 11.2. The Morgan fingerprint density at radius 1 is 0.366 bits per heavy atom. The molecule has 0 atom stereocenters. The van der Waals surface area contributed by atoms with E-state index < -0.39 is 0 Å². The number of anilines is 2. The van der Waals surface area contributed by atoms with Gasteiger partial charge in [0.25, 0.3) is 0 Å². The Bertz CT molecular complexity index is 966. The van der Waals surface area contributed by atoms with E-state index in [2.05, 4.69) is 46.2 Å². The molecule has 7 rings (SSSR count). The molecular formula is C39H56N2. The molecule has 5 fully saturated rings. The molecule has 2 aromatic rings. The molecule has 0 unspecified atom stereocenters. The van der Waals surface area contributed by atoms with Crippen LogP contribution in [0.25, 0.3) is 0 Å². The van der Waals surface area contributed by atoms with Crippen molar-refractivity contribution in [2.24, 2.45) is 0 Å². The number of para-hydroxylation sites is 2. The monoisotopic (exact) mass is 552 g/mol. The van der Waals surface area contributed by atoms with Crippen LogP contribution in [0, 0.1) is 0 Å². The molecule has 0 bridgehead atoms. The van der Waals surface area contributed by atoms with Crippen molar-refractivity contribution in [3.8, 4) is 0 Å². The second-order valence-corrected chi connectivity index (χ2v) is 14.6. The van der Waals surface area contributed by atoms with E-state index in [-0.39, 0.29) is 0 Å². The van der Waals surface area contributed by atoms with Crippen LogP contribution in [-0.4, -0.2) is 19.8 Å². The highest BCUT2D eigenvalue weighted by atomic mass is 15.4. The van der Waals surface area contributed by atoms with E-state index in [4.69, 9.17) is 0 Å².